The predicted octanol–water partition coefficient (Wildman–Crippen LogP) is 1.60. The second kappa shape index (κ2) is 4.99. The van der Waals surface area contributed by atoms with Crippen LogP contribution >= 0.6 is 0 Å². The smallest absolute Gasteiger partial charge is 0.184 e. The third-order valence-corrected chi connectivity index (χ3v) is 2.58. The lowest BCUT2D eigenvalue weighted by molar-refractivity contribution is 0.311. The third-order valence-electron chi connectivity index (χ3n) is 2.58. The van der Waals surface area contributed by atoms with Crippen molar-refractivity contribution in [3.63, 3.8) is 0 Å². The molecule has 1 unspecified atom stereocenters. The lowest BCUT2D eigenvalue weighted by Crippen LogP contribution is -2.04. The first-order valence-corrected chi connectivity index (χ1v) is 5.48. The van der Waals surface area contributed by atoms with E-state index in [1.165, 1.54) is 0 Å². The number of nitrogens with zero attached hydrogens (tertiary/aromatic N) is 1. The van der Waals surface area contributed by atoms with Crippen molar-refractivity contribution in [1.82, 2.24) is 0 Å². The van der Waals surface area contributed by atoms with Crippen molar-refractivity contribution in [2.45, 2.75) is 18.9 Å². The van der Waals surface area contributed by atoms with E-state index >= 15 is 0 Å². The number of ether oxygens (including phenoxy) is 1. The maximum absolute atomic E-state index is 9.19. The SMILES string of the molecule is NCCCC1=NC(c2ccc(O)cc2)CO1. The summed E-state index contributed by atoms with van der Waals surface area (Å²) in [5.41, 5.74) is 6.50. The Morgan fingerprint density at radius 2 is 2.12 bits per heavy atom. The molecule has 0 bridgehead atoms. The van der Waals surface area contributed by atoms with Crippen molar-refractivity contribution in [2.75, 3.05) is 13.2 Å². The van der Waals surface area contributed by atoms with Crippen molar-refractivity contribution in [3.05, 3.63) is 29.8 Å². The number of rotatable bonds is 4. The molecule has 4 heteroatoms. The normalized spacial score (nSPS) is 19.3. The van der Waals surface area contributed by atoms with Gasteiger partial charge in [0.2, 0.25) is 0 Å². The Morgan fingerprint density at radius 3 is 2.81 bits per heavy atom. The first-order valence-electron chi connectivity index (χ1n) is 5.48. The molecule has 1 aromatic rings. The van der Waals surface area contributed by atoms with Crippen LogP contribution in [-0.4, -0.2) is 24.2 Å². The molecule has 0 aromatic heterocycles. The summed E-state index contributed by atoms with van der Waals surface area (Å²) in [6.07, 6.45) is 1.71. The van der Waals surface area contributed by atoms with Gasteiger partial charge in [-0.25, -0.2) is 4.99 Å². The van der Waals surface area contributed by atoms with Gasteiger partial charge in [0.05, 0.1) is 0 Å². The molecule has 1 aromatic carbocycles. The molecule has 0 amide bonds. The highest BCUT2D eigenvalue weighted by molar-refractivity contribution is 5.77. The highest BCUT2D eigenvalue weighted by Crippen LogP contribution is 2.25. The van der Waals surface area contributed by atoms with Crippen LogP contribution in [0.5, 0.6) is 5.75 Å². The van der Waals surface area contributed by atoms with E-state index < -0.39 is 0 Å². The number of aliphatic imine (C=N–C) groups is 1. The number of benzene rings is 1. The molecule has 3 N–H and O–H groups in total. The van der Waals surface area contributed by atoms with E-state index in [1.807, 2.05) is 12.1 Å². The lowest BCUT2D eigenvalue weighted by Gasteiger charge is -2.04. The number of nitrogens with two attached hydrogens (primary N) is 1. The minimum Gasteiger partial charge on any atom is -0.508 e. The van der Waals surface area contributed by atoms with E-state index in [0.717, 1.165) is 24.3 Å². The zero-order valence-corrected chi connectivity index (χ0v) is 9.10. The molecular weight excluding hydrogens is 204 g/mol. The van der Waals surface area contributed by atoms with Crippen LogP contribution in [0.15, 0.2) is 29.3 Å². The van der Waals surface area contributed by atoms with Crippen molar-refractivity contribution < 1.29 is 9.84 Å². The van der Waals surface area contributed by atoms with Crippen LogP contribution in [0.4, 0.5) is 0 Å². The molecule has 4 nitrogen and oxygen atoms in total. The summed E-state index contributed by atoms with van der Waals surface area (Å²) in [7, 11) is 0. The monoisotopic (exact) mass is 220 g/mol. The summed E-state index contributed by atoms with van der Waals surface area (Å²) in [5, 5.41) is 9.19. The van der Waals surface area contributed by atoms with Gasteiger partial charge in [-0.3, -0.25) is 0 Å². The van der Waals surface area contributed by atoms with Crippen LogP contribution in [0, 0.1) is 0 Å². The Labute approximate surface area is 94.8 Å². The maximum Gasteiger partial charge on any atom is 0.184 e. The molecule has 0 saturated heterocycles. The zero-order chi connectivity index (χ0) is 11.4. The first kappa shape index (κ1) is 11.0. The fraction of sp³-hybridized carbons (Fsp3) is 0.417. The van der Waals surface area contributed by atoms with E-state index in [-0.39, 0.29) is 11.8 Å². The fourth-order valence-electron chi connectivity index (χ4n) is 1.68. The van der Waals surface area contributed by atoms with Gasteiger partial charge in [0, 0.05) is 6.42 Å². The molecular formula is C12H16N2O2. The second-order valence-electron chi connectivity index (χ2n) is 3.83. The molecule has 16 heavy (non-hydrogen) atoms. The van der Waals surface area contributed by atoms with Crippen LogP contribution in [0.2, 0.25) is 0 Å². The molecule has 2 rings (SSSR count). The quantitative estimate of drug-likeness (QED) is 0.809. The second-order valence-corrected chi connectivity index (χ2v) is 3.83. The highest BCUT2D eigenvalue weighted by Gasteiger charge is 2.19. The van der Waals surface area contributed by atoms with Gasteiger partial charge in [0.1, 0.15) is 18.4 Å². The van der Waals surface area contributed by atoms with Crippen LogP contribution in [-0.2, 0) is 4.74 Å². The largest absolute Gasteiger partial charge is 0.508 e. The lowest BCUT2D eigenvalue weighted by atomic mass is 10.1. The standard InChI is InChI=1S/C12H16N2O2/c13-7-1-2-12-14-11(8-16-12)9-3-5-10(15)6-4-9/h3-6,11,15H,1-2,7-8,13H2. The van der Waals surface area contributed by atoms with Gasteiger partial charge in [-0.1, -0.05) is 12.1 Å². The summed E-state index contributed by atoms with van der Waals surface area (Å²) >= 11 is 0. The van der Waals surface area contributed by atoms with Gasteiger partial charge < -0.3 is 15.6 Å². The van der Waals surface area contributed by atoms with Gasteiger partial charge >= 0.3 is 0 Å². The minimum absolute atomic E-state index is 0.0633. The predicted molar refractivity (Wildman–Crippen MR) is 62.5 cm³/mol. The average Bonchev–Trinajstić information content (AvgIpc) is 2.76. The summed E-state index contributed by atoms with van der Waals surface area (Å²) in [4.78, 5) is 4.48. The van der Waals surface area contributed by atoms with Gasteiger partial charge in [-0.2, -0.15) is 0 Å². The summed E-state index contributed by atoms with van der Waals surface area (Å²) < 4.78 is 5.48. The van der Waals surface area contributed by atoms with E-state index in [2.05, 4.69) is 4.99 Å². The number of phenolic OH excluding ortho intramolecular Hbond substituents is 1. The molecule has 0 fully saturated rings. The molecule has 1 aliphatic rings. The summed E-state index contributed by atoms with van der Waals surface area (Å²) in [6, 6.07) is 7.15. The van der Waals surface area contributed by atoms with Crippen LogP contribution in [0.3, 0.4) is 0 Å². The number of phenols is 1. The van der Waals surface area contributed by atoms with Crippen LogP contribution in [0.1, 0.15) is 24.4 Å². The van der Waals surface area contributed by atoms with Crippen molar-refractivity contribution in [2.24, 2.45) is 10.7 Å². The maximum atomic E-state index is 9.19. The molecule has 0 spiro atoms. The Morgan fingerprint density at radius 1 is 1.38 bits per heavy atom. The van der Waals surface area contributed by atoms with E-state index in [0.29, 0.717) is 13.2 Å². The topological polar surface area (TPSA) is 67.8 Å². The number of hydrogen-bond donors (Lipinski definition) is 2. The van der Waals surface area contributed by atoms with Crippen molar-refractivity contribution >= 4 is 5.90 Å². The molecule has 1 atom stereocenters. The van der Waals surface area contributed by atoms with E-state index in [4.69, 9.17) is 10.5 Å². The number of aromatic hydroxyl groups is 1. The van der Waals surface area contributed by atoms with E-state index in [1.54, 1.807) is 12.1 Å². The highest BCUT2D eigenvalue weighted by atomic mass is 16.5. The number of hydrogen-bond acceptors (Lipinski definition) is 4. The summed E-state index contributed by atoms with van der Waals surface area (Å²) in [6.45, 7) is 1.25. The molecule has 0 saturated carbocycles. The van der Waals surface area contributed by atoms with Gasteiger partial charge in [-0.15, -0.1) is 0 Å². The zero-order valence-electron chi connectivity index (χ0n) is 9.10. The first-order chi connectivity index (χ1) is 7.79. The Hall–Kier alpha value is -1.55. The van der Waals surface area contributed by atoms with Crippen LogP contribution < -0.4 is 5.73 Å². The molecule has 86 valence electrons. The minimum atomic E-state index is 0.0633. The summed E-state index contributed by atoms with van der Waals surface area (Å²) in [5.74, 6) is 1.07. The fourth-order valence-corrected chi connectivity index (χ4v) is 1.68. The van der Waals surface area contributed by atoms with Crippen LogP contribution in [0.25, 0.3) is 0 Å². The van der Waals surface area contributed by atoms with Gasteiger partial charge in [-0.05, 0) is 30.7 Å². The Balaban J connectivity index is 2.01. The van der Waals surface area contributed by atoms with Crippen molar-refractivity contribution in [3.8, 4) is 5.75 Å². The van der Waals surface area contributed by atoms with Gasteiger partial charge in [0.25, 0.3) is 0 Å². The Bertz CT molecular complexity index is 373. The molecule has 0 aliphatic carbocycles. The molecule has 1 aliphatic heterocycles. The molecule has 1 heterocycles. The van der Waals surface area contributed by atoms with E-state index in [9.17, 15) is 5.11 Å². The molecule has 0 radical (unpaired) electrons. The van der Waals surface area contributed by atoms with Gasteiger partial charge in [0.15, 0.2) is 5.90 Å². The third kappa shape index (κ3) is 2.52. The Kier molecular flexibility index (Phi) is 3.41. The average molecular weight is 220 g/mol. The van der Waals surface area contributed by atoms with Crippen molar-refractivity contribution in [1.29, 1.82) is 0 Å².